The quantitative estimate of drug-likeness (QED) is 0.725. The van der Waals surface area contributed by atoms with Crippen LogP contribution in [0, 0.1) is 5.82 Å². The van der Waals surface area contributed by atoms with Gasteiger partial charge in [0.1, 0.15) is 11.6 Å². The molecule has 0 bridgehead atoms. The Balaban J connectivity index is 1.98. The molecule has 0 aliphatic carbocycles. The lowest BCUT2D eigenvalue weighted by Crippen LogP contribution is -2.34. The average Bonchev–Trinajstić information content (AvgIpc) is 2.67. The number of benzene rings is 2. The SMILES string of the molecule is COCCn1c(C(C)NC(=O)c2cccc(F)c2)nc2ccccc2c1=O. The first-order valence-corrected chi connectivity index (χ1v) is 8.56. The monoisotopic (exact) mass is 369 g/mol. The largest absolute Gasteiger partial charge is 0.383 e. The van der Waals surface area contributed by atoms with E-state index in [4.69, 9.17) is 4.74 Å². The number of hydrogen-bond acceptors (Lipinski definition) is 4. The van der Waals surface area contributed by atoms with Crippen LogP contribution in [0.25, 0.3) is 10.9 Å². The van der Waals surface area contributed by atoms with Gasteiger partial charge >= 0.3 is 0 Å². The maximum atomic E-state index is 13.4. The van der Waals surface area contributed by atoms with Crippen molar-refractivity contribution >= 4 is 16.8 Å². The normalized spacial score (nSPS) is 12.1. The molecule has 0 saturated carbocycles. The Kier molecular flexibility index (Phi) is 5.61. The van der Waals surface area contributed by atoms with Gasteiger partial charge in [-0.15, -0.1) is 0 Å². The van der Waals surface area contributed by atoms with E-state index in [2.05, 4.69) is 10.3 Å². The zero-order valence-corrected chi connectivity index (χ0v) is 15.1. The summed E-state index contributed by atoms with van der Waals surface area (Å²) in [6, 6.07) is 11.9. The molecule has 1 unspecified atom stereocenters. The maximum absolute atomic E-state index is 13.4. The lowest BCUT2D eigenvalue weighted by atomic mass is 10.1. The molecule has 6 nitrogen and oxygen atoms in total. The van der Waals surface area contributed by atoms with Crippen molar-refractivity contribution in [3.63, 3.8) is 0 Å². The predicted molar refractivity (Wildman–Crippen MR) is 100 cm³/mol. The molecule has 0 spiro atoms. The first-order valence-electron chi connectivity index (χ1n) is 8.56. The van der Waals surface area contributed by atoms with E-state index < -0.39 is 17.8 Å². The van der Waals surface area contributed by atoms with Crippen LogP contribution in [-0.2, 0) is 11.3 Å². The van der Waals surface area contributed by atoms with E-state index in [1.54, 1.807) is 38.3 Å². The van der Waals surface area contributed by atoms with Gasteiger partial charge in [-0.3, -0.25) is 14.2 Å². The lowest BCUT2D eigenvalue weighted by Gasteiger charge is -2.19. The molecule has 3 aromatic rings. The van der Waals surface area contributed by atoms with Gasteiger partial charge in [-0.25, -0.2) is 9.37 Å². The molecular weight excluding hydrogens is 349 g/mol. The molecule has 0 aliphatic heterocycles. The fourth-order valence-electron chi connectivity index (χ4n) is 2.89. The smallest absolute Gasteiger partial charge is 0.261 e. The van der Waals surface area contributed by atoms with E-state index in [9.17, 15) is 14.0 Å². The molecule has 27 heavy (non-hydrogen) atoms. The van der Waals surface area contributed by atoms with Crippen molar-refractivity contribution in [3.8, 4) is 0 Å². The van der Waals surface area contributed by atoms with Gasteiger partial charge in [0.05, 0.1) is 30.1 Å². The van der Waals surface area contributed by atoms with Gasteiger partial charge in [-0.1, -0.05) is 18.2 Å². The van der Waals surface area contributed by atoms with Gasteiger partial charge in [0, 0.05) is 12.7 Å². The number of ether oxygens (including phenoxy) is 1. The molecule has 7 heteroatoms. The first-order chi connectivity index (χ1) is 13.0. The molecule has 3 rings (SSSR count). The first kappa shape index (κ1) is 18.7. The number of hydrogen-bond donors (Lipinski definition) is 1. The molecule has 0 saturated heterocycles. The van der Waals surface area contributed by atoms with Gasteiger partial charge in [0.2, 0.25) is 0 Å². The molecule has 0 radical (unpaired) electrons. The number of para-hydroxylation sites is 1. The molecule has 1 amide bonds. The van der Waals surface area contributed by atoms with Gasteiger partial charge < -0.3 is 10.1 Å². The van der Waals surface area contributed by atoms with Crippen LogP contribution in [0.2, 0.25) is 0 Å². The summed E-state index contributed by atoms with van der Waals surface area (Å²) in [4.78, 5) is 29.9. The molecule has 140 valence electrons. The van der Waals surface area contributed by atoms with Crippen LogP contribution in [0.15, 0.2) is 53.3 Å². The van der Waals surface area contributed by atoms with Crippen LogP contribution in [0.3, 0.4) is 0 Å². The Morgan fingerprint density at radius 2 is 2.04 bits per heavy atom. The van der Waals surface area contributed by atoms with Crippen LogP contribution in [0.5, 0.6) is 0 Å². The van der Waals surface area contributed by atoms with E-state index >= 15 is 0 Å². The Labute approximate surface area is 155 Å². The summed E-state index contributed by atoms with van der Waals surface area (Å²) in [5.41, 5.74) is 0.561. The highest BCUT2D eigenvalue weighted by molar-refractivity contribution is 5.94. The number of carbonyl (C=O) groups is 1. The molecule has 1 atom stereocenters. The molecule has 1 aromatic heterocycles. The van der Waals surface area contributed by atoms with Gasteiger partial charge in [0.25, 0.3) is 11.5 Å². The van der Waals surface area contributed by atoms with Gasteiger partial charge in [-0.2, -0.15) is 0 Å². The fraction of sp³-hybridized carbons (Fsp3) is 0.250. The fourth-order valence-corrected chi connectivity index (χ4v) is 2.89. The molecule has 0 aliphatic rings. The van der Waals surface area contributed by atoms with Crippen molar-refractivity contribution in [1.82, 2.24) is 14.9 Å². The van der Waals surface area contributed by atoms with Crippen molar-refractivity contribution in [3.05, 3.63) is 76.1 Å². The summed E-state index contributed by atoms with van der Waals surface area (Å²) < 4.78 is 20.0. The third-order valence-electron chi connectivity index (χ3n) is 4.23. The minimum absolute atomic E-state index is 0.195. The molecule has 2 aromatic carbocycles. The minimum atomic E-state index is -0.560. The zero-order valence-electron chi connectivity index (χ0n) is 15.1. The highest BCUT2D eigenvalue weighted by Gasteiger charge is 2.19. The maximum Gasteiger partial charge on any atom is 0.261 e. The highest BCUT2D eigenvalue weighted by atomic mass is 19.1. The summed E-state index contributed by atoms with van der Waals surface area (Å²) in [6.07, 6.45) is 0. The second-order valence-electron chi connectivity index (χ2n) is 6.14. The topological polar surface area (TPSA) is 73.2 Å². The highest BCUT2D eigenvalue weighted by Crippen LogP contribution is 2.15. The van der Waals surface area contributed by atoms with Crippen LogP contribution < -0.4 is 10.9 Å². The summed E-state index contributed by atoms with van der Waals surface area (Å²) in [5.74, 6) is -0.515. The minimum Gasteiger partial charge on any atom is -0.383 e. The van der Waals surface area contributed by atoms with E-state index in [1.807, 2.05) is 0 Å². The molecule has 0 fully saturated rings. The molecule has 1 heterocycles. The Hall–Kier alpha value is -3.06. The van der Waals surface area contributed by atoms with E-state index in [1.165, 1.54) is 22.8 Å². The van der Waals surface area contributed by atoms with Crippen molar-refractivity contribution in [2.75, 3.05) is 13.7 Å². The van der Waals surface area contributed by atoms with E-state index in [0.29, 0.717) is 29.9 Å². The van der Waals surface area contributed by atoms with E-state index in [0.717, 1.165) is 6.07 Å². The van der Waals surface area contributed by atoms with Crippen LogP contribution in [0.1, 0.15) is 29.1 Å². The van der Waals surface area contributed by atoms with Crippen LogP contribution >= 0.6 is 0 Å². The number of halogens is 1. The van der Waals surface area contributed by atoms with Crippen molar-refractivity contribution in [1.29, 1.82) is 0 Å². The third kappa shape index (κ3) is 4.03. The van der Waals surface area contributed by atoms with Gasteiger partial charge in [-0.05, 0) is 37.3 Å². The second kappa shape index (κ2) is 8.09. The van der Waals surface area contributed by atoms with Crippen LogP contribution in [0.4, 0.5) is 4.39 Å². The Morgan fingerprint density at radius 1 is 1.26 bits per heavy atom. The zero-order chi connectivity index (χ0) is 19.4. The van der Waals surface area contributed by atoms with Crippen molar-refractivity contribution in [2.45, 2.75) is 19.5 Å². The summed E-state index contributed by atoms with van der Waals surface area (Å²) in [7, 11) is 1.55. The molecular formula is C20H20FN3O3. The lowest BCUT2D eigenvalue weighted by molar-refractivity contribution is 0.0936. The summed E-state index contributed by atoms with van der Waals surface area (Å²) in [6.45, 7) is 2.37. The number of rotatable bonds is 6. The van der Waals surface area contributed by atoms with Crippen LogP contribution in [-0.4, -0.2) is 29.2 Å². The van der Waals surface area contributed by atoms with Crippen molar-refractivity contribution in [2.24, 2.45) is 0 Å². The standard InChI is InChI=1S/C20H20FN3O3/c1-13(22-19(25)14-6-5-7-15(21)12-14)18-23-17-9-4-3-8-16(17)20(26)24(18)10-11-27-2/h3-9,12-13H,10-11H2,1-2H3,(H,22,25). The second-order valence-corrected chi connectivity index (χ2v) is 6.14. The number of aromatic nitrogens is 2. The van der Waals surface area contributed by atoms with Crippen molar-refractivity contribution < 1.29 is 13.9 Å². The molecule has 1 N–H and O–H groups in total. The number of amides is 1. The number of fused-ring (bicyclic) bond motifs is 1. The van der Waals surface area contributed by atoms with Gasteiger partial charge in [0.15, 0.2) is 0 Å². The number of nitrogens with zero attached hydrogens (tertiary/aromatic N) is 2. The Bertz CT molecular complexity index is 1030. The van der Waals surface area contributed by atoms with E-state index in [-0.39, 0.29) is 11.1 Å². The predicted octanol–water partition coefficient (Wildman–Crippen LogP) is 2.67. The number of carbonyl (C=O) groups excluding carboxylic acids is 1. The Morgan fingerprint density at radius 3 is 2.78 bits per heavy atom. The summed E-state index contributed by atoms with van der Waals surface area (Å²) >= 11 is 0. The number of methoxy groups -OCH3 is 1. The average molecular weight is 369 g/mol. The number of nitrogens with one attached hydrogen (secondary N) is 1. The summed E-state index contributed by atoms with van der Waals surface area (Å²) in [5, 5.41) is 3.28. The third-order valence-corrected chi connectivity index (χ3v) is 4.23.